The smallest absolute Gasteiger partial charge is 0.234 e. The van der Waals surface area contributed by atoms with Gasteiger partial charge in [0.1, 0.15) is 0 Å². The predicted molar refractivity (Wildman–Crippen MR) is 134 cm³/mol. The number of aromatic nitrogens is 3. The highest BCUT2D eigenvalue weighted by molar-refractivity contribution is 8.00. The molecule has 0 bridgehead atoms. The first-order chi connectivity index (χ1) is 16.2. The Bertz CT molecular complexity index is 1130. The van der Waals surface area contributed by atoms with E-state index in [1.165, 1.54) is 35.5 Å². The number of benzene rings is 2. The molecule has 0 radical (unpaired) electrons. The van der Waals surface area contributed by atoms with E-state index in [2.05, 4.69) is 62.2 Å². The lowest BCUT2D eigenvalue weighted by atomic mass is 10.1. The molecular formula is C24H26N6OS2. The van der Waals surface area contributed by atoms with Gasteiger partial charge in [0.05, 0.1) is 28.9 Å². The number of carbonyl (C=O) groups excluding carboxylic acids is 1. The summed E-state index contributed by atoms with van der Waals surface area (Å²) in [6.45, 7) is 3.99. The van der Waals surface area contributed by atoms with Crippen LogP contribution in [-0.2, 0) is 4.79 Å². The van der Waals surface area contributed by atoms with Gasteiger partial charge < -0.3 is 10.2 Å². The van der Waals surface area contributed by atoms with Crippen LogP contribution >= 0.6 is 23.5 Å². The topological polar surface area (TPSA) is 86.8 Å². The Morgan fingerprint density at radius 1 is 1.06 bits per heavy atom. The Hall–Kier alpha value is -2.96. The molecule has 0 unspecified atom stereocenters. The zero-order chi connectivity index (χ0) is 23.0. The highest BCUT2D eigenvalue weighted by atomic mass is 32.2. The number of aryl methyl sites for hydroxylation is 1. The second kappa shape index (κ2) is 11.3. The zero-order valence-electron chi connectivity index (χ0n) is 18.5. The van der Waals surface area contributed by atoms with Crippen molar-refractivity contribution < 1.29 is 4.79 Å². The molecule has 2 heterocycles. The van der Waals surface area contributed by atoms with Gasteiger partial charge in [-0.25, -0.2) is 0 Å². The fourth-order valence-corrected chi connectivity index (χ4v) is 5.11. The number of piperidine rings is 1. The highest BCUT2D eigenvalue weighted by Crippen LogP contribution is 2.30. The summed E-state index contributed by atoms with van der Waals surface area (Å²) < 4.78 is 2.05. The number of hydrogen-bond donors (Lipinski definition) is 1. The van der Waals surface area contributed by atoms with Crippen LogP contribution in [0.4, 0.5) is 11.6 Å². The third-order valence-electron chi connectivity index (χ3n) is 5.33. The SMILES string of the molecule is Cc1ccc(-n2c(SCC(=O)Nc3ccccc3SCC#N)nnc2N2CCCCC2)cc1. The van der Waals surface area contributed by atoms with Crippen molar-refractivity contribution in [3.63, 3.8) is 0 Å². The minimum Gasteiger partial charge on any atom is -0.341 e. The number of nitrogens with zero attached hydrogens (tertiary/aromatic N) is 5. The van der Waals surface area contributed by atoms with E-state index in [0.29, 0.717) is 10.9 Å². The molecule has 1 aliphatic rings. The second-order valence-electron chi connectivity index (χ2n) is 7.78. The molecule has 9 heteroatoms. The van der Waals surface area contributed by atoms with Crippen LogP contribution in [-0.4, -0.2) is 45.3 Å². The van der Waals surface area contributed by atoms with Gasteiger partial charge in [0.15, 0.2) is 5.16 Å². The summed E-state index contributed by atoms with van der Waals surface area (Å²) in [6.07, 6.45) is 3.54. The van der Waals surface area contributed by atoms with E-state index in [4.69, 9.17) is 5.26 Å². The van der Waals surface area contributed by atoms with E-state index in [-0.39, 0.29) is 11.7 Å². The first kappa shape index (κ1) is 23.2. The van der Waals surface area contributed by atoms with Crippen LogP contribution in [0.1, 0.15) is 24.8 Å². The van der Waals surface area contributed by atoms with E-state index < -0.39 is 0 Å². The summed E-state index contributed by atoms with van der Waals surface area (Å²) in [7, 11) is 0. The monoisotopic (exact) mass is 478 g/mol. The van der Waals surface area contributed by atoms with Crippen LogP contribution in [0.15, 0.2) is 58.6 Å². The first-order valence-electron chi connectivity index (χ1n) is 10.9. The van der Waals surface area contributed by atoms with Gasteiger partial charge in [0.25, 0.3) is 0 Å². The molecule has 4 rings (SSSR count). The molecule has 0 aliphatic carbocycles. The first-order valence-corrected chi connectivity index (χ1v) is 12.9. The molecule has 1 amide bonds. The van der Waals surface area contributed by atoms with Crippen molar-refractivity contribution in [3.05, 3.63) is 54.1 Å². The Kier molecular flexibility index (Phi) is 7.92. The summed E-state index contributed by atoms with van der Waals surface area (Å²) in [6, 6.07) is 17.9. The average molecular weight is 479 g/mol. The van der Waals surface area contributed by atoms with Crippen molar-refractivity contribution in [2.45, 2.75) is 36.2 Å². The maximum Gasteiger partial charge on any atom is 0.234 e. The lowest BCUT2D eigenvalue weighted by Crippen LogP contribution is -2.31. The number of thioether (sulfide) groups is 2. The largest absolute Gasteiger partial charge is 0.341 e. The van der Waals surface area contributed by atoms with Gasteiger partial charge in [-0.15, -0.1) is 22.0 Å². The van der Waals surface area contributed by atoms with Gasteiger partial charge in [0.2, 0.25) is 11.9 Å². The Balaban J connectivity index is 1.51. The number of nitriles is 1. The number of hydrogen-bond acceptors (Lipinski definition) is 7. The molecule has 2 aromatic carbocycles. The molecular weight excluding hydrogens is 452 g/mol. The summed E-state index contributed by atoms with van der Waals surface area (Å²) >= 11 is 2.78. The molecule has 1 N–H and O–H groups in total. The van der Waals surface area contributed by atoms with E-state index in [1.807, 2.05) is 24.3 Å². The summed E-state index contributed by atoms with van der Waals surface area (Å²) in [5.41, 5.74) is 2.90. The van der Waals surface area contributed by atoms with Crippen LogP contribution in [0.2, 0.25) is 0 Å². The molecule has 0 saturated carbocycles. The minimum absolute atomic E-state index is 0.122. The van der Waals surface area contributed by atoms with E-state index in [9.17, 15) is 4.79 Å². The average Bonchev–Trinajstić information content (AvgIpc) is 3.27. The fraction of sp³-hybridized carbons (Fsp3) is 0.333. The molecule has 33 heavy (non-hydrogen) atoms. The standard InChI is InChI=1S/C24H26N6OS2/c1-18-9-11-19(12-10-18)30-23(29-14-5-2-6-15-29)27-28-24(30)33-17-22(31)26-20-7-3-4-8-21(20)32-16-13-25/h3-4,7-12H,2,5-6,14-17H2,1H3,(H,26,31). The molecule has 1 aromatic heterocycles. The zero-order valence-corrected chi connectivity index (χ0v) is 20.2. The van der Waals surface area contributed by atoms with Crippen LogP contribution in [0, 0.1) is 18.3 Å². The van der Waals surface area contributed by atoms with Crippen molar-refractivity contribution in [2.24, 2.45) is 0 Å². The minimum atomic E-state index is -0.122. The third-order valence-corrected chi connectivity index (χ3v) is 7.20. The van der Waals surface area contributed by atoms with Gasteiger partial charge in [0, 0.05) is 18.0 Å². The van der Waals surface area contributed by atoms with Gasteiger partial charge in [-0.05, 0) is 50.5 Å². The Morgan fingerprint density at radius 3 is 2.58 bits per heavy atom. The fourth-order valence-electron chi connectivity index (χ4n) is 3.70. The molecule has 170 valence electrons. The molecule has 0 spiro atoms. The third kappa shape index (κ3) is 5.89. The summed E-state index contributed by atoms with van der Waals surface area (Å²) in [5.74, 6) is 1.25. The number of rotatable bonds is 8. The van der Waals surface area contributed by atoms with Crippen molar-refractivity contribution in [1.29, 1.82) is 5.26 Å². The number of nitrogens with one attached hydrogen (secondary N) is 1. The van der Waals surface area contributed by atoms with Gasteiger partial charge in [-0.1, -0.05) is 41.6 Å². The van der Waals surface area contributed by atoms with Crippen LogP contribution in [0.5, 0.6) is 0 Å². The number of carbonyl (C=O) groups is 1. The maximum atomic E-state index is 12.7. The quantitative estimate of drug-likeness (QED) is 0.460. The van der Waals surface area contributed by atoms with Gasteiger partial charge >= 0.3 is 0 Å². The molecule has 1 saturated heterocycles. The highest BCUT2D eigenvalue weighted by Gasteiger charge is 2.22. The Labute approximate surface area is 202 Å². The van der Waals surface area contributed by atoms with Crippen molar-refractivity contribution in [3.8, 4) is 11.8 Å². The van der Waals surface area contributed by atoms with Crippen molar-refractivity contribution >= 4 is 41.1 Å². The summed E-state index contributed by atoms with van der Waals surface area (Å²) in [5, 5.41) is 21.5. The summed E-state index contributed by atoms with van der Waals surface area (Å²) in [4.78, 5) is 15.9. The van der Waals surface area contributed by atoms with Crippen molar-refractivity contribution in [2.75, 3.05) is 34.8 Å². The van der Waals surface area contributed by atoms with Crippen LogP contribution < -0.4 is 10.2 Å². The normalized spacial score (nSPS) is 13.5. The number of anilines is 2. The lowest BCUT2D eigenvalue weighted by molar-refractivity contribution is -0.113. The maximum absolute atomic E-state index is 12.7. The van der Waals surface area contributed by atoms with Gasteiger partial charge in [-0.2, -0.15) is 5.26 Å². The second-order valence-corrected chi connectivity index (χ2v) is 9.74. The van der Waals surface area contributed by atoms with Crippen LogP contribution in [0.25, 0.3) is 5.69 Å². The van der Waals surface area contributed by atoms with Gasteiger partial charge in [-0.3, -0.25) is 9.36 Å². The van der Waals surface area contributed by atoms with E-state index in [0.717, 1.165) is 48.1 Å². The molecule has 0 atom stereocenters. The molecule has 1 fully saturated rings. The number of amides is 1. The van der Waals surface area contributed by atoms with E-state index >= 15 is 0 Å². The Morgan fingerprint density at radius 2 is 1.82 bits per heavy atom. The molecule has 7 nitrogen and oxygen atoms in total. The molecule has 1 aliphatic heterocycles. The predicted octanol–water partition coefficient (Wildman–Crippen LogP) is 4.91. The van der Waals surface area contributed by atoms with Crippen LogP contribution in [0.3, 0.4) is 0 Å². The molecule has 3 aromatic rings. The number of para-hydroxylation sites is 1. The van der Waals surface area contributed by atoms with E-state index in [1.54, 1.807) is 0 Å². The van der Waals surface area contributed by atoms with Crippen molar-refractivity contribution in [1.82, 2.24) is 14.8 Å². The lowest BCUT2D eigenvalue weighted by Gasteiger charge is -2.27.